The average molecular weight is 394 g/mol. The SMILES string of the molecule is COc1ccc(/C=C/C(=O)N2CCC[C@@H](Oc3nccnc3C#N)C2)cc1OC. The monoisotopic (exact) mass is 394 g/mol. The van der Waals surface area contributed by atoms with E-state index < -0.39 is 0 Å². The van der Waals surface area contributed by atoms with Crippen LogP contribution in [0.15, 0.2) is 36.7 Å². The number of hydrogen-bond acceptors (Lipinski definition) is 7. The van der Waals surface area contributed by atoms with Crippen LogP contribution in [-0.2, 0) is 4.79 Å². The van der Waals surface area contributed by atoms with Crippen LogP contribution in [0.4, 0.5) is 0 Å². The highest BCUT2D eigenvalue weighted by Crippen LogP contribution is 2.28. The number of rotatable bonds is 6. The number of piperidine rings is 1. The standard InChI is InChI=1S/C21H22N4O4/c1-27-18-7-5-15(12-19(18)28-2)6-8-20(26)25-11-3-4-16(14-25)29-21-17(13-22)23-9-10-24-21/h5-10,12,16H,3-4,11,14H2,1-2H3/b8-6+/t16-/m1/s1. The Balaban J connectivity index is 1.64. The second-order valence-electron chi connectivity index (χ2n) is 6.44. The van der Waals surface area contributed by atoms with Crippen molar-refractivity contribution in [1.29, 1.82) is 5.26 Å². The smallest absolute Gasteiger partial charge is 0.251 e. The van der Waals surface area contributed by atoms with Gasteiger partial charge in [-0.3, -0.25) is 4.79 Å². The Morgan fingerprint density at radius 3 is 2.79 bits per heavy atom. The summed E-state index contributed by atoms with van der Waals surface area (Å²) in [6, 6.07) is 7.42. The Morgan fingerprint density at radius 2 is 2.03 bits per heavy atom. The zero-order valence-corrected chi connectivity index (χ0v) is 16.4. The molecule has 1 aliphatic rings. The first-order chi connectivity index (χ1) is 14.1. The molecule has 1 fully saturated rings. The molecular formula is C21H22N4O4. The number of amides is 1. The zero-order chi connectivity index (χ0) is 20.6. The predicted molar refractivity (Wildman–Crippen MR) is 106 cm³/mol. The van der Waals surface area contributed by atoms with Gasteiger partial charge < -0.3 is 19.1 Å². The summed E-state index contributed by atoms with van der Waals surface area (Å²) in [5, 5.41) is 9.11. The van der Waals surface area contributed by atoms with Crippen LogP contribution in [0, 0.1) is 11.3 Å². The van der Waals surface area contributed by atoms with Gasteiger partial charge >= 0.3 is 0 Å². The molecule has 29 heavy (non-hydrogen) atoms. The van der Waals surface area contributed by atoms with E-state index in [1.165, 1.54) is 18.5 Å². The lowest BCUT2D eigenvalue weighted by Gasteiger charge is -2.32. The fourth-order valence-corrected chi connectivity index (χ4v) is 3.11. The third-order valence-corrected chi connectivity index (χ3v) is 4.56. The van der Waals surface area contributed by atoms with Gasteiger partial charge in [-0.1, -0.05) is 6.07 Å². The van der Waals surface area contributed by atoms with E-state index in [0.717, 1.165) is 18.4 Å². The molecule has 2 aromatic rings. The molecule has 0 bridgehead atoms. The van der Waals surface area contributed by atoms with Gasteiger partial charge in [0.05, 0.1) is 20.8 Å². The van der Waals surface area contributed by atoms with Crippen LogP contribution in [0.2, 0.25) is 0 Å². The number of aromatic nitrogens is 2. The molecule has 0 saturated carbocycles. The van der Waals surface area contributed by atoms with Gasteiger partial charge in [0, 0.05) is 25.0 Å². The van der Waals surface area contributed by atoms with Gasteiger partial charge in [-0.2, -0.15) is 5.26 Å². The van der Waals surface area contributed by atoms with E-state index in [0.29, 0.717) is 24.6 Å². The first-order valence-corrected chi connectivity index (χ1v) is 9.21. The minimum Gasteiger partial charge on any atom is -0.493 e. The maximum Gasteiger partial charge on any atom is 0.251 e. The lowest BCUT2D eigenvalue weighted by Crippen LogP contribution is -2.43. The Bertz CT molecular complexity index is 939. The van der Waals surface area contributed by atoms with E-state index in [-0.39, 0.29) is 23.6 Å². The van der Waals surface area contributed by atoms with Crippen molar-refractivity contribution in [3.05, 3.63) is 47.9 Å². The summed E-state index contributed by atoms with van der Waals surface area (Å²) in [4.78, 5) is 22.4. The van der Waals surface area contributed by atoms with Gasteiger partial charge in [-0.15, -0.1) is 0 Å². The molecule has 0 aliphatic carbocycles. The zero-order valence-electron chi connectivity index (χ0n) is 16.4. The largest absolute Gasteiger partial charge is 0.493 e. The molecule has 8 heteroatoms. The average Bonchev–Trinajstić information content (AvgIpc) is 2.77. The summed E-state index contributed by atoms with van der Waals surface area (Å²) in [6.45, 7) is 1.08. The molecule has 1 amide bonds. The van der Waals surface area contributed by atoms with Crippen molar-refractivity contribution >= 4 is 12.0 Å². The summed E-state index contributed by atoms with van der Waals surface area (Å²) in [5.74, 6) is 1.33. The molecule has 1 atom stereocenters. The van der Waals surface area contributed by atoms with Crippen molar-refractivity contribution in [2.75, 3.05) is 27.3 Å². The van der Waals surface area contributed by atoms with Crippen molar-refractivity contribution in [3.63, 3.8) is 0 Å². The number of likely N-dealkylation sites (tertiary alicyclic amines) is 1. The van der Waals surface area contributed by atoms with Gasteiger partial charge in [-0.25, -0.2) is 9.97 Å². The van der Waals surface area contributed by atoms with Gasteiger partial charge in [0.15, 0.2) is 11.5 Å². The normalized spacial score (nSPS) is 16.3. The molecule has 1 aromatic heterocycles. The Kier molecular flexibility index (Phi) is 6.63. The van der Waals surface area contributed by atoms with Crippen molar-refractivity contribution in [2.45, 2.75) is 18.9 Å². The molecular weight excluding hydrogens is 372 g/mol. The quantitative estimate of drug-likeness (QED) is 0.694. The lowest BCUT2D eigenvalue weighted by atomic mass is 10.1. The fourth-order valence-electron chi connectivity index (χ4n) is 3.11. The van der Waals surface area contributed by atoms with Gasteiger partial charge in [-0.05, 0) is 36.6 Å². The Labute approximate surface area is 169 Å². The van der Waals surface area contributed by atoms with Crippen molar-refractivity contribution < 1.29 is 19.0 Å². The van der Waals surface area contributed by atoms with E-state index in [4.69, 9.17) is 19.5 Å². The van der Waals surface area contributed by atoms with E-state index in [1.807, 2.05) is 18.2 Å². The third kappa shape index (κ3) is 5.02. The lowest BCUT2D eigenvalue weighted by molar-refractivity contribution is -0.128. The van der Waals surface area contributed by atoms with Crippen LogP contribution in [0.1, 0.15) is 24.1 Å². The summed E-state index contributed by atoms with van der Waals surface area (Å²) >= 11 is 0. The topological polar surface area (TPSA) is 97.6 Å². The second kappa shape index (κ2) is 9.55. The number of nitrogens with zero attached hydrogens (tertiary/aromatic N) is 4. The van der Waals surface area contributed by atoms with Crippen LogP contribution in [0.25, 0.3) is 6.08 Å². The number of benzene rings is 1. The fraction of sp³-hybridized carbons (Fsp3) is 0.333. The maximum atomic E-state index is 12.6. The van der Waals surface area contributed by atoms with Crippen LogP contribution < -0.4 is 14.2 Å². The molecule has 0 unspecified atom stereocenters. The first kappa shape index (κ1) is 20.1. The number of carbonyl (C=O) groups excluding carboxylic acids is 1. The van der Waals surface area contributed by atoms with Crippen LogP contribution in [0.5, 0.6) is 17.4 Å². The van der Waals surface area contributed by atoms with Crippen LogP contribution >= 0.6 is 0 Å². The molecule has 2 heterocycles. The minimum atomic E-state index is -0.231. The number of hydrogen-bond donors (Lipinski definition) is 0. The molecule has 1 aliphatic heterocycles. The van der Waals surface area contributed by atoms with Crippen molar-refractivity contribution in [1.82, 2.24) is 14.9 Å². The van der Waals surface area contributed by atoms with E-state index in [2.05, 4.69) is 9.97 Å². The molecule has 1 saturated heterocycles. The maximum absolute atomic E-state index is 12.6. The number of carbonyl (C=O) groups is 1. The molecule has 0 N–H and O–H groups in total. The highest BCUT2D eigenvalue weighted by molar-refractivity contribution is 5.92. The molecule has 0 radical (unpaired) electrons. The van der Waals surface area contributed by atoms with Crippen LogP contribution in [0.3, 0.4) is 0 Å². The third-order valence-electron chi connectivity index (χ3n) is 4.56. The Morgan fingerprint density at radius 1 is 1.24 bits per heavy atom. The number of methoxy groups -OCH3 is 2. The number of ether oxygens (including phenoxy) is 3. The predicted octanol–water partition coefficient (Wildman–Crippen LogP) is 2.45. The number of nitriles is 1. The van der Waals surface area contributed by atoms with E-state index in [1.54, 1.807) is 31.3 Å². The van der Waals surface area contributed by atoms with E-state index >= 15 is 0 Å². The summed E-state index contributed by atoms with van der Waals surface area (Å²) in [6.07, 6.45) is 7.56. The molecule has 150 valence electrons. The second-order valence-corrected chi connectivity index (χ2v) is 6.44. The highest BCUT2D eigenvalue weighted by Gasteiger charge is 2.25. The molecule has 8 nitrogen and oxygen atoms in total. The van der Waals surface area contributed by atoms with E-state index in [9.17, 15) is 4.79 Å². The summed E-state index contributed by atoms with van der Waals surface area (Å²) in [5.41, 5.74) is 0.975. The summed E-state index contributed by atoms with van der Waals surface area (Å²) < 4.78 is 16.3. The molecule has 1 aromatic carbocycles. The summed E-state index contributed by atoms with van der Waals surface area (Å²) in [7, 11) is 3.14. The van der Waals surface area contributed by atoms with Crippen molar-refractivity contribution in [2.24, 2.45) is 0 Å². The molecule has 3 rings (SSSR count). The van der Waals surface area contributed by atoms with Gasteiger partial charge in [0.2, 0.25) is 11.6 Å². The van der Waals surface area contributed by atoms with Gasteiger partial charge in [0.1, 0.15) is 12.2 Å². The molecule has 0 spiro atoms. The first-order valence-electron chi connectivity index (χ1n) is 9.21. The van der Waals surface area contributed by atoms with Crippen molar-refractivity contribution in [3.8, 4) is 23.4 Å². The Hall–Kier alpha value is -3.60. The van der Waals surface area contributed by atoms with Crippen LogP contribution in [-0.4, -0.2) is 54.2 Å². The van der Waals surface area contributed by atoms with Gasteiger partial charge in [0.25, 0.3) is 5.88 Å². The highest BCUT2D eigenvalue weighted by atomic mass is 16.5. The minimum absolute atomic E-state index is 0.104.